The first-order valence-electron chi connectivity index (χ1n) is 6.45. The Bertz CT molecular complexity index is 496. The second-order valence-electron chi connectivity index (χ2n) is 6.13. The van der Waals surface area contributed by atoms with Crippen LogP contribution in [0.2, 0.25) is 0 Å². The van der Waals surface area contributed by atoms with Gasteiger partial charge in [-0.25, -0.2) is 4.98 Å². The summed E-state index contributed by atoms with van der Waals surface area (Å²) in [6.45, 7) is 8.55. The normalized spacial score (nSPS) is 19.7. The van der Waals surface area contributed by atoms with E-state index in [1.807, 2.05) is 0 Å². The van der Waals surface area contributed by atoms with Crippen LogP contribution in [0.15, 0.2) is 12.1 Å². The average molecular weight is 264 g/mol. The molecule has 6 nitrogen and oxygen atoms in total. The Morgan fingerprint density at radius 1 is 1.47 bits per heavy atom. The molecule has 2 heterocycles. The molecule has 1 fully saturated rings. The molecule has 1 aromatic heterocycles. The third-order valence-corrected chi connectivity index (χ3v) is 3.82. The molecule has 1 aliphatic rings. The van der Waals surface area contributed by atoms with Crippen molar-refractivity contribution in [1.29, 1.82) is 0 Å². The number of anilines is 2. The Hall–Kier alpha value is -1.85. The maximum atomic E-state index is 10.7. The van der Waals surface area contributed by atoms with Crippen molar-refractivity contribution < 1.29 is 4.92 Å². The quantitative estimate of drug-likeness (QED) is 0.655. The van der Waals surface area contributed by atoms with Gasteiger partial charge in [-0.05, 0) is 23.8 Å². The van der Waals surface area contributed by atoms with E-state index in [2.05, 4.69) is 30.7 Å². The summed E-state index contributed by atoms with van der Waals surface area (Å²) in [5.74, 6) is 1.32. The van der Waals surface area contributed by atoms with Gasteiger partial charge in [0.15, 0.2) is 0 Å². The highest BCUT2D eigenvalue weighted by Crippen LogP contribution is 2.35. The molecule has 1 saturated heterocycles. The Morgan fingerprint density at radius 2 is 2.16 bits per heavy atom. The summed E-state index contributed by atoms with van der Waals surface area (Å²) in [5, 5.41) is 10.7. The van der Waals surface area contributed by atoms with E-state index in [-0.39, 0.29) is 16.9 Å². The number of hydrogen-bond acceptors (Lipinski definition) is 5. The molecule has 1 unspecified atom stereocenters. The largest absolute Gasteiger partial charge is 0.378 e. The lowest BCUT2D eigenvalue weighted by molar-refractivity contribution is -0.384. The van der Waals surface area contributed by atoms with Crippen molar-refractivity contribution in [1.82, 2.24) is 4.98 Å². The number of nitrogens with two attached hydrogens (primary N) is 1. The van der Waals surface area contributed by atoms with Crippen molar-refractivity contribution in [2.75, 3.05) is 23.7 Å². The molecule has 1 aromatic rings. The van der Waals surface area contributed by atoms with Crippen molar-refractivity contribution in [2.24, 2.45) is 11.3 Å². The van der Waals surface area contributed by atoms with Crippen LogP contribution in [-0.2, 0) is 0 Å². The minimum absolute atomic E-state index is 0.0123. The van der Waals surface area contributed by atoms with E-state index in [4.69, 9.17) is 5.73 Å². The van der Waals surface area contributed by atoms with E-state index >= 15 is 0 Å². The molecule has 0 bridgehead atoms. The maximum Gasteiger partial charge on any atom is 0.311 e. The summed E-state index contributed by atoms with van der Waals surface area (Å²) in [6.07, 6.45) is 1.11. The number of rotatable bonds is 2. The van der Waals surface area contributed by atoms with Crippen LogP contribution in [-0.4, -0.2) is 23.0 Å². The molecule has 6 heteroatoms. The topological polar surface area (TPSA) is 85.3 Å². The Morgan fingerprint density at radius 3 is 2.63 bits per heavy atom. The monoisotopic (exact) mass is 264 g/mol. The van der Waals surface area contributed by atoms with Gasteiger partial charge in [-0.15, -0.1) is 0 Å². The molecule has 0 saturated carbocycles. The first-order valence-corrected chi connectivity index (χ1v) is 6.45. The highest BCUT2D eigenvalue weighted by Gasteiger charge is 2.32. The fourth-order valence-corrected chi connectivity index (χ4v) is 2.46. The summed E-state index contributed by atoms with van der Waals surface area (Å²) in [6, 6.07) is 3.11. The van der Waals surface area contributed by atoms with Crippen molar-refractivity contribution in [3.05, 3.63) is 22.2 Å². The molecular formula is C13H20N4O2. The number of nitrogen functional groups attached to an aromatic ring is 1. The van der Waals surface area contributed by atoms with Crippen LogP contribution in [0.3, 0.4) is 0 Å². The van der Waals surface area contributed by atoms with Crippen LogP contribution >= 0.6 is 0 Å². The number of hydrogen-bond donors (Lipinski definition) is 1. The maximum absolute atomic E-state index is 10.7. The van der Waals surface area contributed by atoms with E-state index in [1.54, 1.807) is 6.07 Å². The van der Waals surface area contributed by atoms with Crippen LogP contribution in [0.5, 0.6) is 0 Å². The minimum Gasteiger partial charge on any atom is -0.378 e. The minimum atomic E-state index is -0.506. The van der Waals surface area contributed by atoms with Crippen molar-refractivity contribution in [3.63, 3.8) is 0 Å². The van der Waals surface area contributed by atoms with Crippen LogP contribution in [0.4, 0.5) is 17.3 Å². The molecule has 0 amide bonds. The van der Waals surface area contributed by atoms with E-state index in [1.165, 1.54) is 6.07 Å². The third kappa shape index (κ3) is 2.77. The Kier molecular flexibility index (Phi) is 3.34. The molecule has 2 rings (SSSR count). The number of pyridine rings is 1. The van der Waals surface area contributed by atoms with Crippen LogP contribution < -0.4 is 10.6 Å². The molecule has 0 aromatic carbocycles. The lowest BCUT2D eigenvalue weighted by Crippen LogP contribution is -2.26. The lowest BCUT2D eigenvalue weighted by Gasteiger charge is -2.27. The molecule has 0 radical (unpaired) electrons. The van der Waals surface area contributed by atoms with Gasteiger partial charge in [0.2, 0.25) is 5.82 Å². The van der Waals surface area contributed by atoms with E-state index in [0.29, 0.717) is 5.92 Å². The molecule has 19 heavy (non-hydrogen) atoms. The number of nitrogens with zero attached hydrogens (tertiary/aromatic N) is 3. The molecule has 0 spiro atoms. The van der Waals surface area contributed by atoms with Gasteiger partial charge in [-0.1, -0.05) is 20.8 Å². The molecule has 1 atom stereocenters. The van der Waals surface area contributed by atoms with Gasteiger partial charge < -0.3 is 10.6 Å². The van der Waals surface area contributed by atoms with E-state index < -0.39 is 4.92 Å². The summed E-state index contributed by atoms with van der Waals surface area (Å²) in [5.41, 5.74) is 5.77. The van der Waals surface area contributed by atoms with E-state index in [9.17, 15) is 10.1 Å². The molecule has 2 N–H and O–H groups in total. The fourth-order valence-electron chi connectivity index (χ4n) is 2.46. The smallest absolute Gasteiger partial charge is 0.311 e. The average Bonchev–Trinajstić information content (AvgIpc) is 2.76. The van der Waals surface area contributed by atoms with Gasteiger partial charge in [0.1, 0.15) is 5.82 Å². The predicted molar refractivity (Wildman–Crippen MR) is 75.1 cm³/mol. The van der Waals surface area contributed by atoms with Crippen molar-refractivity contribution >= 4 is 17.3 Å². The van der Waals surface area contributed by atoms with Gasteiger partial charge in [-0.2, -0.15) is 0 Å². The zero-order valence-electron chi connectivity index (χ0n) is 11.6. The second kappa shape index (κ2) is 4.68. The second-order valence-corrected chi connectivity index (χ2v) is 6.13. The predicted octanol–water partition coefficient (Wildman–Crippen LogP) is 2.44. The first kappa shape index (κ1) is 13.6. The van der Waals surface area contributed by atoms with Gasteiger partial charge in [-0.3, -0.25) is 10.1 Å². The lowest BCUT2D eigenvalue weighted by atomic mass is 9.80. The van der Waals surface area contributed by atoms with Crippen LogP contribution in [0, 0.1) is 21.4 Å². The summed E-state index contributed by atoms with van der Waals surface area (Å²) in [7, 11) is 0. The number of aromatic nitrogens is 1. The van der Waals surface area contributed by atoms with Gasteiger partial charge in [0.25, 0.3) is 0 Å². The third-order valence-electron chi connectivity index (χ3n) is 3.82. The standard InChI is InChI=1S/C13H20N4O2/c1-13(2,3)9-6-7-16(8-9)11-5-4-10(17(18)19)12(14)15-11/h4-5,9H,6-8H2,1-3H3,(H2,14,15). The Balaban J connectivity index is 2.16. The van der Waals surface area contributed by atoms with Crippen LogP contribution in [0.1, 0.15) is 27.2 Å². The van der Waals surface area contributed by atoms with Gasteiger partial charge >= 0.3 is 5.69 Å². The molecular weight excluding hydrogens is 244 g/mol. The van der Waals surface area contributed by atoms with Crippen molar-refractivity contribution in [2.45, 2.75) is 27.2 Å². The zero-order chi connectivity index (χ0) is 14.2. The van der Waals surface area contributed by atoms with Crippen LogP contribution in [0.25, 0.3) is 0 Å². The fraction of sp³-hybridized carbons (Fsp3) is 0.615. The molecule has 1 aliphatic heterocycles. The zero-order valence-corrected chi connectivity index (χ0v) is 11.6. The molecule has 0 aliphatic carbocycles. The van der Waals surface area contributed by atoms with Crippen molar-refractivity contribution in [3.8, 4) is 0 Å². The first-order chi connectivity index (χ1) is 8.79. The summed E-state index contributed by atoms with van der Waals surface area (Å²) in [4.78, 5) is 16.5. The summed E-state index contributed by atoms with van der Waals surface area (Å²) >= 11 is 0. The van der Waals surface area contributed by atoms with Gasteiger partial charge in [0.05, 0.1) is 4.92 Å². The highest BCUT2D eigenvalue weighted by atomic mass is 16.6. The number of nitro groups is 1. The van der Waals surface area contributed by atoms with E-state index in [0.717, 1.165) is 25.3 Å². The summed E-state index contributed by atoms with van der Waals surface area (Å²) < 4.78 is 0. The SMILES string of the molecule is CC(C)(C)C1CCN(c2ccc([N+](=O)[O-])c(N)n2)C1. The Labute approximate surface area is 112 Å². The van der Waals surface area contributed by atoms with Gasteiger partial charge in [0, 0.05) is 19.2 Å². The molecule has 104 valence electrons. The highest BCUT2D eigenvalue weighted by molar-refractivity contribution is 5.58.